The smallest absolute Gasteiger partial charge is 0.315 e. The number of aromatic amines is 1. The molecule has 0 aromatic carbocycles. The molecule has 1 unspecified atom stereocenters. The highest BCUT2D eigenvalue weighted by atomic mass is 16.4. The van der Waals surface area contributed by atoms with Crippen LogP contribution in [0.15, 0.2) is 12.4 Å². The SMILES string of the molecule is CC(NC(=O)NC1CCC(C(=O)O)CC1)c1cn[nH]c1. The molecule has 1 aromatic heterocycles. The Morgan fingerprint density at radius 1 is 1.40 bits per heavy atom. The topological polar surface area (TPSA) is 107 Å². The maximum Gasteiger partial charge on any atom is 0.315 e. The Bertz CT molecular complexity index is 452. The van der Waals surface area contributed by atoms with Crippen LogP contribution in [-0.2, 0) is 4.79 Å². The average molecular weight is 280 g/mol. The molecule has 7 heteroatoms. The molecule has 2 rings (SSSR count). The van der Waals surface area contributed by atoms with Gasteiger partial charge in [0.25, 0.3) is 0 Å². The van der Waals surface area contributed by atoms with Crippen molar-refractivity contribution in [1.82, 2.24) is 20.8 Å². The van der Waals surface area contributed by atoms with E-state index in [4.69, 9.17) is 5.11 Å². The summed E-state index contributed by atoms with van der Waals surface area (Å²) in [5.74, 6) is -0.998. The van der Waals surface area contributed by atoms with Crippen molar-refractivity contribution in [2.75, 3.05) is 0 Å². The second kappa shape index (κ2) is 6.40. The van der Waals surface area contributed by atoms with E-state index in [0.29, 0.717) is 25.7 Å². The number of nitrogens with zero attached hydrogens (tertiary/aromatic N) is 1. The number of aliphatic carboxylic acids is 1. The van der Waals surface area contributed by atoms with Gasteiger partial charge in [-0.2, -0.15) is 5.10 Å². The maximum atomic E-state index is 11.9. The second-order valence-corrected chi connectivity index (χ2v) is 5.26. The number of urea groups is 1. The average Bonchev–Trinajstić information content (AvgIpc) is 2.93. The van der Waals surface area contributed by atoms with Crippen molar-refractivity contribution in [2.24, 2.45) is 5.92 Å². The minimum atomic E-state index is -0.735. The Morgan fingerprint density at radius 2 is 2.10 bits per heavy atom. The highest BCUT2D eigenvalue weighted by Crippen LogP contribution is 2.24. The third kappa shape index (κ3) is 3.72. The summed E-state index contributed by atoms with van der Waals surface area (Å²) in [5.41, 5.74) is 0.912. The third-order valence-corrected chi connectivity index (χ3v) is 3.78. The molecule has 20 heavy (non-hydrogen) atoms. The van der Waals surface area contributed by atoms with E-state index in [1.807, 2.05) is 6.92 Å². The van der Waals surface area contributed by atoms with Crippen LogP contribution in [-0.4, -0.2) is 33.3 Å². The van der Waals surface area contributed by atoms with Crippen molar-refractivity contribution in [1.29, 1.82) is 0 Å². The van der Waals surface area contributed by atoms with Crippen molar-refractivity contribution in [2.45, 2.75) is 44.7 Å². The fraction of sp³-hybridized carbons (Fsp3) is 0.615. The molecule has 1 fully saturated rings. The van der Waals surface area contributed by atoms with E-state index in [1.165, 1.54) is 0 Å². The van der Waals surface area contributed by atoms with E-state index in [1.54, 1.807) is 12.4 Å². The number of carboxylic acid groups (broad SMARTS) is 1. The summed E-state index contributed by atoms with van der Waals surface area (Å²) >= 11 is 0. The highest BCUT2D eigenvalue weighted by Gasteiger charge is 2.26. The van der Waals surface area contributed by atoms with Gasteiger partial charge in [-0.1, -0.05) is 0 Å². The highest BCUT2D eigenvalue weighted by molar-refractivity contribution is 5.75. The van der Waals surface area contributed by atoms with Crippen molar-refractivity contribution >= 4 is 12.0 Å². The van der Waals surface area contributed by atoms with Gasteiger partial charge in [0.05, 0.1) is 18.2 Å². The largest absolute Gasteiger partial charge is 0.481 e. The first-order valence-electron chi connectivity index (χ1n) is 6.84. The summed E-state index contributed by atoms with van der Waals surface area (Å²) < 4.78 is 0. The second-order valence-electron chi connectivity index (χ2n) is 5.26. The van der Waals surface area contributed by atoms with Gasteiger partial charge in [0.15, 0.2) is 0 Å². The molecule has 0 bridgehead atoms. The summed E-state index contributed by atoms with van der Waals surface area (Å²) in [4.78, 5) is 22.7. The van der Waals surface area contributed by atoms with Crippen LogP contribution in [0.3, 0.4) is 0 Å². The Labute approximate surface area is 117 Å². The van der Waals surface area contributed by atoms with Gasteiger partial charge < -0.3 is 15.7 Å². The minimum absolute atomic E-state index is 0.0575. The van der Waals surface area contributed by atoms with Gasteiger partial charge in [-0.25, -0.2) is 4.79 Å². The summed E-state index contributed by atoms with van der Waals surface area (Å²) in [5, 5.41) is 21.2. The molecular formula is C13H20N4O3. The van der Waals surface area contributed by atoms with E-state index in [2.05, 4.69) is 20.8 Å². The molecule has 2 amide bonds. The summed E-state index contributed by atoms with van der Waals surface area (Å²) in [6.07, 6.45) is 6.08. The molecule has 0 aliphatic heterocycles. The number of carboxylic acids is 1. The van der Waals surface area contributed by atoms with Gasteiger partial charge in [0.2, 0.25) is 0 Å². The zero-order valence-corrected chi connectivity index (χ0v) is 11.4. The molecule has 4 N–H and O–H groups in total. The Hall–Kier alpha value is -2.05. The number of rotatable bonds is 4. The number of aromatic nitrogens is 2. The van der Waals surface area contributed by atoms with Crippen molar-refractivity contribution in [3.63, 3.8) is 0 Å². The van der Waals surface area contributed by atoms with Crippen LogP contribution in [0.4, 0.5) is 4.79 Å². The van der Waals surface area contributed by atoms with Gasteiger partial charge in [-0.15, -0.1) is 0 Å². The predicted molar refractivity (Wildman–Crippen MR) is 72.1 cm³/mol. The maximum absolute atomic E-state index is 11.9. The van der Waals surface area contributed by atoms with Gasteiger partial charge in [-0.05, 0) is 32.6 Å². The van der Waals surface area contributed by atoms with Crippen LogP contribution >= 0.6 is 0 Å². The summed E-state index contributed by atoms with van der Waals surface area (Å²) in [7, 11) is 0. The van der Waals surface area contributed by atoms with Crippen molar-refractivity contribution < 1.29 is 14.7 Å². The van der Waals surface area contributed by atoms with Crippen LogP contribution in [0.1, 0.15) is 44.2 Å². The molecule has 1 aromatic rings. The standard InChI is InChI=1S/C13H20N4O3/c1-8(10-6-14-15-7-10)16-13(20)17-11-4-2-9(3-5-11)12(18)19/h6-9,11H,2-5H2,1H3,(H,14,15)(H,18,19)(H2,16,17,20). The van der Waals surface area contributed by atoms with Crippen LogP contribution in [0.25, 0.3) is 0 Å². The number of H-pyrrole nitrogens is 1. The van der Waals surface area contributed by atoms with Crippen LogP contribution < -0.4 is 10.6 Å². The van der Waals surface area contributed by atoms with Crippen LogP contribution in [0.5, 0.6) is 0 Å². The fourth-order valence-electron chi connectivity index (χ4n) is 2.49. The monoisotopic (exact) mass is 280 g/mol. The number of amides is 2. The van der Waals surface area contributed by atoms with Gasteiger partial charge in [0.1, 0.15) is 0 Å². The first kappa shape index (κ1) is 14.4. The van der Waals surface area contributed by atoms with Gasteiger partial charge in [0, 0.05) is 17.8 Å². The number of nitrogens with one attached hydrogen (secondary N) is 3. The lowest BCUT2D eigenvalue weighted by molar-refractivity contribution is -0.142. The molecule has 1 heterocycles. The molecule has 0 saturated heterocycles. The van der Waals surface area contributed by atoms with Crippen LogP contribution in [0.2, 0.25) is 0 Å². The van der Waals surface area contributed by atoms with Gasteiger partial charge in [-0.3, -0.25) is 9.89 Å². The van der Waals surface area contributed by atoms with Gasteiger partial charge >= 0.3 is 12.0 Å². The van der Waals surface area contributed by atoms with Crippen molar-refractivity contribution in [3.8, 4) is 0 Å². The first-order chi connectivity index (χ1) is 9.56. The van der Waals surface area contributed by atoms with E-state index in [9.17, 15) is 9.59 Å². The Kier molecular flexibility index (Phi) is 4.60. The minimum Gasteiger partial charge on any atom is -0.481 e. The van der Waals surface area contributed by atoms with E-state index in [0.717, 1.165) is 5.56 Å². The molecular weight excluding hydrogens is 260 g/mol. The normalized spacial score (nSPS) is 23.9. The summed E-state index contributed by atoms with van der Waals surface area (Å²) in [6.45, 7) is 1.88. The molecule has 1 saturated carbocycles. The number of carbonyl (C=O) groups excluding carboxylic acids is 1. The zero-order valence-electron chi connectivity index (χ0n) is 11.4. The summed E-state index contributed by atoms with van der Waals surface area (Å²) in [6, 6.07) is -0.288. The number of hydrogen-bond donors (Lipinski definition) is 4. The number of hydrogen-bond acceptors (Lipinski definition) is 3. The molecule has 0 spiro atoms. The first-order valence-corrected chi connectivity index (χ1v) is 6.84. The third-order valence-electron chi connectivity index (χ3n) is 3.78. The zero-order chi connectivity index (χ0) is 14.5. The van der Waals surface area contributed by atoms with Crippen LogP contribution in [0, 0.1) is 5.92 Å². The lowest BCUT2D eigenvalue weighted by Gasteiger charge is -2.27. The molecule has 1 atom stereocenters. The van der Waals surface area contributed by atoms with Crippen molar-refractivity contribution in [3.05, 3.63) is 18.0 Å². The lowest BCUT2D eigenvalue weighted by atomic mass is 9.86. The molecule has 0 radical (unpaired) electrons. The molecule has 1 aliphatic rings. The quantitative estimate of drug-likeness (QED) is 0.669. The molecule has 1 aliphatic carbocycles. The Balaban J connectivity index is 1.74. The predicted octanol–water partition coefficient (Wildman–Crippen LogP) is 1.41. The van der Waals surface area contributed by atoms with E-state index < -0.39 is 5.97 Å². The van der Waals surface area contributed by atoms with E-state index in [-0.39, 0.29) is 24.0 Å². The Morgan fingerprint density at radius 3 is 2.65 bits per heavy atom. The molecule has 7 nitrogen and oxygen atoms in total. The fourth-order valence-corrected chi connectivity index (χ4v) is 2.49. The lowest BCUT2D eigenvalue weighted by Crippen LogP contribution is -2.44. The van der Waals surface area contributed by atoms with E-state index >= 15 is 0 Å². The molecule has 110 valence electrons. The number of carbonyl (C=O) groups is 2.